The molecule has 0 radical (unpaired) electrons. The molecule has 0 aliphatic carbocycles. The smallest absolute Gasteiger partial charge is 0.240 e. The topological polar surface area (TPSA) is 59.9 Å². The Morgan fingerprint density at radius 3 is 2.76 bits per heavy atom. The van der Waals surface area contributed by atoms with Gasteiger partial charge in [0.1, 0.15) is 11.5 Å². The number of benzene rings is 2. The fraction of sp³-hybridized carbons (Fsp3) is 0.222. The molecule has 0 saturated carbocycles. The maximum Gasteiger partial charge on any atom is 0.240 e. The van der Waals surface area contributed by atoms with Gasteiger partial charge in [0.05, 0.1) is 25.0 Å². The summed E-state index contributed by atoms with van der Waals surface area (Å²) in [5.41, 5.74) is 3.26. The third-order valence-corrected chi connectivity index (χ3v) is 3.76. The van der Waals surface area contributed by atoms with Gasteiger partial charge in [-0.25, -0.2) is 5.43 Å². The Labute approximate surface area is 156 Å². The summed E-state index contributed by atoms with van der Waals surface area (Å²) in [7, 11) is 1.58. The first-order chi connectivity index (χ1) is 12.1. The lowest BCUT2D eigenvalue weighted by molar-refractivity contribution is -0.121. The molecule has 0 aromatic heterocycles. The summed E-state index contributed by atoms with van der Waals surface area (Å²) < 4.78 is 10.7. The molecular weight excluding hydrogens is 363 g/mol. The Bertz CT molecular complexity index is 751. The van der Waals surface area contributed by atoms with Gasteiger partial charge in [-0.2, -0.15) is 5.10 Å². The Morgan fingerprint density at radius 1 is 1.20 bits per heavy atom. The van der Waals surface area contributed by atoms with Gasteiger partial charge >= 0.3 is 0 Å². The average Bonchev–Trinajstić information content (AvgIpc) is 2.60. The maximum atomic E-state index is 11.8. The Kier molecular flexibility index (Phi) is 7.57. The van der Waals surface area contributed by atoms with Gasteiger partial charge in [-0.1, -0.05) is 35.3 Å². The lowest BCUT2D eigenvalue weighted by Crippen LogP contribution is -2.18. The van der Waals surface area contributed by atoms with Gasteiger partial charge < -0.3 is 9.47 Å². The fourth-order valence-electron chi connectivity index (χ4n) is 2.01. The molecule has 0 heterocycles. The molecule has 5 nitrogen and oxygen atoms in total. The summed E-state index contributed by atoms with van der Waals surface area (Å²) in [6.45, 7) is 0.366. The van der Waals surface area contributed by atoms with Crippen LogP contribution in [0.15, 0.2) is 47.6 Å². The van der Waals surface area contributed by atoms with Crippen LogP contribution >= 0.6 is 23.2 Å². The zero-order chi connectivity index (χ0) is 18.1. The number of halogens is 2. The van der Waals surface area contributed by atoms with Crippen molar-refractivity contribution in [3.63, 3.8) is 0 Å². The van der Waals surface area contributed by atoms with Crippen molar-refractivity contribution in [3.8, 4) is 11.5 Å². The summed E-state index contributed by atoms with van der Waals surface area (Å²) in [5, 5.41) is 4.92. The van der Waals surface area contributed by atoms with E-state index < -0.39 is 0 Å². The number of carbonyl (C=O) groups excluding carboxylic acids is 1. The average molecular weight is 381 g/mol. The van der Waals surface area contributed by atoms with Crippen molar-refractivity contribution in [1.29, 1.82) is 0 Å². The predicted octanol–water partition coefficient (Wildman–Crippen LogP) is 4.31. The van der Waals surface area contributed by atoms with Crippen LogP contribution < -0.4 is 14.9 Å². The number of nitrogens with one attached hydrogen (secondary N) is 1. The number of hydrazone groups is 1. The molecule has 7 heteroatoms. The number of carbonyl (C=O) groups is 1. The highest BCUT2D eigenvalue weighted by Gasteiger charge is 2.04. The van der Waals surface area contributed by atoms with E-state index in [1.54, 1.807) is 31.5 Å². The van der Waals surface area contributed by atoms with Crippen LogP contribution in [-0.2, 0) is 4.79 Å². The number of amides is 1. The second kappa shape index (κ2) is 9.91. The van der Waals surface area contributed by atoms with E-state index in [4.69, 9.17) is 32.7 Å². The molecule has 0 aliphatic heterocycles. The van der Waals surface area contributed by atoms with Crippen molar-refractivity contribution >= 4 is 35.3 Å². The van der Waals surface area contributed by atoms with Gasteiger partial charge in [0.15, 0.2) is 0 Å². The molecule has 0 saturated heterocycles. The van der Waals surface area contributed by atoms with Gasteiger partial charge in [0, 0.05) is 17.0 Å². The van der Waals surface area contributed by atoms with Gasteiger partial charge in [0.2, 0.25) is 5.91 Å². The van der Waals surface area contributed by atoms with Crippen molar-refractivity contribution in [2.45, 2.75) is 12.8 Å². The number of ether oxygens (including phenoxy) is 2. The van der Waals surface area contributed by atoms with E-state index in [1.807, 2.05) is 24.3 Å². The highest BCUT2D eigenvalue weighted by molar-refractivity contribution is 6.35. The van der Waals surface area contributed by atoms with Crippen molar-refractivity contribution < 1.29 is 14.3 Å². The van der Waals surface area contributed by atoms with Crippen LogP contribution in [0.2, 0.25) is 10.0 Å². The van der Waals surface area contributed by atoms with E-state index in [0.717, 1.165) is 5.56 Å². The van der Waals surface area contributed by atoms with E-state index in [9.17, 15) is 4.79 Å². The lowest BCUT2D eigenvalue weighted by atomic mass is 10.2. The molecule has 25 heavy (non-hydrogen) atoms. The van der Waals surface area contributed by atoms with Gasteiger partial charge in [-0.15, -0.1) is 0 Å². The number of methoxy groups -OCH3 is 1. The van der Waals surface area contributed by atoms with Crippen LogP contribution in [0.4, 0.5) is 0 Å². The summed E-state index contributed by atoms with van der Waals surface area (Å²) >= 11 is 11.8. The molecule has 0 unspecified atom stereocenters. The molecule has 1 N–H and O–H groups in total. The Balaban J connectivity index is 1.71. The third kappa shape index (κ3) is 6.29. The Hall–Kier alpha value is -2.24. The molecule has 1 amide bonds. The highest BCUT2D eigenvalue weighted by atomic mass is 35.5. The second-order valence-electron chi connectivity index (χ2n) is 5.06. The van der Waals surface area contributed by atoms with E-state index in [-0.39, 0.29) is 12.3 Å². The minimum atomic E-state index is -0.197. The second-order valence-corrected chi connectivity index (χ2v) is 5.91. The van der Waals surface area contributed by atoms with Crippen LogP contribution in [0.1, 0.15) is 18.4 Å². The predicted molar refractivity (Wildman–Crippen MR) is 99.9 cm³/mol. The first kappa shape index (κ1) is 19.1. The number of para-hydroxylation sites is 1. The first-order valence-electron chi connectivity index (χ1n) is 7.63. The van der Waals surface area contributed by atoms with E-state index in [0.29, 0.717) is 34.6 Å². The number of nitrogens with zero attached hydrogens (tertiary/aromatic N) is 1. The minimum absolute atomic E-state index is 0.197. The van der Waals surface area contributed by atoms with Crippen molar-refractivity contribution in [2.24, 2.45) is 5.10 Å². The van der Waals surface area contributed by atoms with E-state index >= 15 is 0 Å². The van der Waals surface area contributed by atoms with E-state index in [1.165, 1.54) is 0 Å². The highest BCUT2D eigenvalue weighted by Crippen LogP contribution is 2.27. The van der Waals surface area contributed by atoms with Crippen LogP contribution in [0.25, 0.3) is 0 Å². The normalized spacial score (nSPS) is 10.7. The minimum Gasteiger partial charge on any atom is -0.496 e. The lowest BCUT2D eigenvalue weighted by Gasteiger charge is -2.07. The third-order valence-electron chi connectivity index (χ3n) is 3.23. The molecule has 0 atom stereocenters. The zero-order valence-electron chi connectivity index (χ0n) is 13.7. The van der Waals surface area contributed by atoms with Crippen molar-refractivity contribution in [1.82, 2.24) is 5.43 Å². The summed E-state index contributed by atoms with van der Waals surface area (Å²) in [5.74, 6) is 1.03. The molecule has 0 bridgehead atoms. The molecule has 0 spiro atoms. The van der Waals surface area contributed by atoms with Gasteiger partial charge in [-0.3, -0.25) is 4.79 Å². The largest absolute Gasteiger partial charge is 0.496 e. The van der Waals surface area contributed by atoms with Crippen molar-refractivity contribution in [2.75, 3.05) is 13.7 Å². The van der Waals surface area contributed by atoms with Crippen LogP contribution in [0, 0.1) is 0 Å². The fourth-order valence-corrected chi connectivity index (χ4v) is 2.47. The van der Waals surface area contributed by atoms with Crippen LogP contribution in [-0.4, -0.2) is 25.8 Å². The summed E-state index contributed by atoms with van der Waals surface area (Å²) in [6, 6.07) is 12.4. The number of rotatable bonds is 8. The number of hydrogen-bond donors (Lipinski definition) is 1. The standard InChI is InChI=1S/C18H18Cl2N2O3/c1-24-16-6-3-2-5-13(16)12-21-22-18(23)7-4-10-25-17-9-8-14(19)11-15(17)20/h2-3,5-6,8-9,11-12H,4,7,10H2,1H3,(H,22,23)/b21-12-. The molecule has 2 aromatic rings. The van der Waals surface area contributed by atoms with Gasteiger partial charge in [-0.05, 0) is 36.8 Å². The summed E-state index contributed by atoms with van der Waals surface area (Å²) in [4.78, 5) is 11.8. The molecule has 132 valence electrons. The summed E-state index contributed by atoms with van der Waals surface area (Å²) in [6.07, 6.45) is 2.37. The quantitative estimate of drug-likeness (QED) is 0.421. The van der Waals surface area contributed by atoms with Crippen LogP contribution in [0.5, 0.6) is 11.5 Å². The zero-order valence-corrected chi connectivity index (χ0v) is 15.2. The van der Waals surface area contributed by atoms with Gasteiger partial charge in [0.25, 0.3) is 0 Å². The molecular formula is C18H18Cl2N2O3. The molecule has 0 aliphatic rings. The SMILES string of the molecule is COc1ccccc1/C=N\NC(=O)CCCOc1ccc(Cl)cc1Cl. The maximum absolute atomic E-state index is 11.8. The number of hydrogen-bond acceptors (Lipinski definition) is 4. The Morgan fingerprint density at radius 2 is 2.00 bits per heavy atom. The molecule has 2 aromatic carbocycles. The van der Waals surface area contributed by atoms with Crippen LogP contribution in [0.3, 0.4) is 0 Å². The monoisotopic (exact) mass is 380 g/mol. The molecule has 2 rings (SSSR count). The first-order valence-corrected chi connectivity index (χ1v) is 8.38. The molecule has 0 fully saturated rings. The van der Waals surface area contributed by atoms with Crippen molar-refractivity contribution in [3.05, 3.63) is 58.1 Å². The van der Waals surface area contributed by atoms with E-state index in [2.05, 4.69) is 10.5 Å².